The number of hydrogen-bond acceptors (Lipinski definition) is 3. The summed E-state index contributed by atoms with van der Waals surface area (Å²) in [4.78, 5) is 22.6. The Balaban J connectivity index is 1.63. The van der Waals surface area contributed by atoms with Gasteiger partial charge in [-0.25, -0.2) is 0 Å². The molecule has 0 atom stereocenters. The second-order valence-corrected chi connectivity index (χ2v) is 10.6. The standard InChI is InChI=1S/C27H37N2O3P/c1-2-3-4-5-6-7-10-22-12-14-23(15-13-22)25-17-16-24(27-26(25)11-8-19-29-27)21-28-18-9-20-33(30,31)32/h8,11-17,19,28H,2-7,9-10,18,20-21H2,1H3,(H2,30,31,32). The zero-order chi connectivity index (χ0) is 23.5. The highest BCUT2D eigenvalue weighted by Gasteiger charge is 2.12. The summed E-state index contributed by atoms with van der Waals surface area (Å²) < 4.78 is 11.0. The second kappa shape index (κ2) is 13.0. The van der Waals surface area contributed by atoms with Crippen molar-refractivity contribution >= 4 is 18.5 Å². The topological polar surface area (TPSA) is 82.5 Å². The number of nitrogens with zero attached hydrogens (tertiary/aromatic N) is 1. The highest BCUT2D eigenvalue weighted by molar-refractivity contribution is 7.51. The smallest absolute Gasteiger partial charge is 0.324 e. The number of pyridine rings is 1. The van der Waals surface area contributed by atoms with Crippen molar-refractivity contribution in [2.45, 2.75) is 64.8 Å². The minimum absolute atomic E-state index is 0.0905. The van der Waals surface area contributed by atoms with Crippen LogP contribution >= 0.6 is 7.60 Å². The number of nitrogens with one attached hydrogen (secondary N) is 1. The van der Waals surface area contributed by atoms with Crippen molar-refractivity contribution in [1.29, 1.82) is 0 Å². The molecule has 2 aromatic carbocycles. The van der Waals surface area contributed by atoms with E-state index >= 15 is 0 Å². The zero-order valence-corrected chi connectivity index (χ0v) is 20.6. The fourth-order valence-corrected chi connectivity index (χ4v) is 4.79. The van der Waals surface area contributed by atoms with E-state index in [-0.39, 0.29) is 6.16 Å². The van der Waals surface area contributed by atoms with Crippen LogP contribution in [0.3, 0.4) is 0 Å². The monoisotopic (exact) mass is 468 g/mol. The number of rotatable bonds is 14. The Morgan fingerprint density at radius 2 is 1.67 bits per heavy atom. The third kappa shape index (κ3) is 8.35. The molecule has 1 heterocycles. The first-order valence-electron chi connectivity index (χ1n) is 12.2. The molecule has 0 aliphatic heterocycles. The van der Waals surface area contributed by atoms with Crippen molar-refractivity contribution in [3.63, 3.8) is 0 Å². The van der Waals surface area contributed by atoms with Gasteiger partial charge in [0.1, 0.15) is 0 Å². The van der Waals surface area contributed by atoms with Crippen LogP contribution < -0.4 is 5.32 Å². The van der Waals surface area contributed by atoms with Gasteiger partial charge in [0.15, 0.2) is 0 Å². The Morgan fingerprint density at radius 1 is 0.909 bits per heavy atom. The predicted octanol–water partition coefficient (Wildman–Crippen LogP) is 6.46. The molecular formula is C27H37N2O3P. The van der Waals surface area contributed by atoms with Crippen LogP contribution in [-0.4, -0.2) is 27.5 Å². The van der Waals surface area contributed by atoms with Crippen LogP contribution in [0.2, 0.25) is 0 Å². The van der Waals surface area contributed by atoms with Crippen molar-refractivity contribution in [1.82, 2.24) is 10.3 Å². The number of aryl methyl sites for hydroxylation is 1. The Bertz CT molecular complexity index is 1050. The fraction of sp³-hybridized carbons (Fsp3) is 0.444. The van der Waals surface area contributed by atoms with Crippen molar-refractivity contribution < 1.29 is 14.4 Å². The molecule has 0 aliphatic rings. The average molecular weight is 469 g/mol. The molecule has 0 fully saturated rings. The summed E-state index contributed by atoms with van der Waals surface area (Å²) >= 11 is 0. The Kier molecular flexibility index (Phi) is 10.1. The molecule has 0 amide bonds. The van der Waals surface area contributed by atoms with Gasteiger partial charge < -0.3 is 15.1 Å². The first-order chi connectivity index (χ1) is 16.0. The molecule has 1 aromatic heterocycles. The van der Waals surface area contributed by atoms with Crippen LogP contribution in [0.15, 0.2) is 54.7 Å². The minimum atomic E-state index is -3.93. The number of unbranched alkanes of at least 4 members (excludes halogenated alkanes) is 5. The highest BCUT2D eigenvalue weighted by atomic mass is 31.2. The third-order valence-electron chi connectivity index (χ3n) is 6.06. The SMILES string of the molecule is CCCCCCCCc1ccc(-c2ccc(CNCCCP(=O)(O)O)c3ncccc23)cc1. The highest BCUT2D eigenvalue weighted by Crippen LogP contribution is 2.34. The Hall–Kier alpha value is -2.04. The van der Waals surface area contributed by atoms with E-state index in [4.69, 9.17) is 9.79 Å². The number of hydrogen-bond donors (Lipinski definition) is 3. The summed E-state index contributed by atoms with van der Waals surface area (Å²) in [6, 6.07) is 17.3. The number of aromatic nitrogens is 1. The van der Waals surface area contributed by atoms with Gasteiger partial charge in [0.25, 0.3) is 0 Å². The van der Waals surface area contributed by atoms with E-state index < -0.39 is 7.60 Å². The average Bonchev–Trinajstić information content (AvgIpc) is 2.81. The largest absolute Gasteiger partial charge is 0.325 e. The summed E-state index contributed by atoms with van der Waals surface area (Å²) in [6.07, 6.45) is 11.2. The molecule has 33 heavy (non-hydrogen) atoms. The minimum Gasteiger partial charge on any atom is -0.324 e. The first kappa shape index (κ1) is 25.6. The summed E-state index contributed by atoms with van der Waals surface area (Å²) in [7, 11) is -3.93. The van der Waals surface area contributed by atoms with E-state index in [9.17, 15) is 4.57 Å². The molecule has 3 N–H and O–H groups in total. The van der Waals surface area contributed by atoms with Gasteiger partial charge in [-0.15, -0.1) is 0 Å². The molecule has 5 nitrogen and oxygen atoms in total. The molecule has 0 aliphatic carbocycles. The molecule has 0 bridgehead atoms. The van der Waals surface area contributed by atoms with Gasteiger partial charge in [-0.1, -0.05) is 81.5 Å². The fourth-order valence-electron chi connectivity index (χ4n) is 4.22. The summed E-state index contributed by atoms with van der Waals surface area (Å²) in [6.45, 7) is 3.43. The summed E-state index contributed by atoms with van der Waals surface area (Å²) in [5.41, 5.74) is 5.82. The van der Waals surface area contributed by atoms with E-state index in [0.29, 0.717) is 19.5 Å². The first-order valence-corrected chi connectivity index (χ1v) is 14.0. The maximum Gasteiger partial charge on any atom is 0.325 e. The summed E-state index contributed by atoms with van der Waals surface area (Å²) in [5.74, 6) is 0. The number of benzene rings is 2. The molecule has 0 saturated carbocycles. The third-order valence-corrected chi connectivity index (χ3v) is 6.95. The molecule has 0 radical (unpaired) electrons. The van der Waals surface area contributed by atoms with Gasteiger partial charge in [0.2, 0.25) is 0 Å². The molecular weight excluding hydrogens is 431 g/mol. The lowest BCUT2D eigenvalue weighted by molar-refractivity contribution is 0.371. The molecule has 3 rings (SSSR count). The lowest BCUT2D eigenvalue weighted by Gasteiger charge is -2.12. The van der Waals surface area contributed by atoms with Crippen LogP contribution in [0, 0.1) is 0 Å². The van der Waals surface area contributed by atoms with E-state index in [1.165, 1.54) is 55.2 Å². The Morgan fingerprint density at radius 3 is 2.42 bits per heavy atom. The van der Waals surface area contributed by atoms with Crippen molar-refractivity contribution in [3.05, 3.63) is 65.9 Å². The second-order valence-electron chi connectivity index (χ2n) is 8.81. The van der Waals surface area contributed by atoms with E-state index in [0.717, 1.165) is 22.9 Å². The quantitative estimate of drug-likeness (QED) is 0.187. The molecule has 3 aromatic rings. The molecule has 0 spiro atoms. The Labute approximate surface area is 197 Å². The van der Waals surface area contributed by atoms with E-state index in [2.05, 4.69) is 59.7 Å². The number of fused-ring (bicyclic) bond motifs is 1. The van der Waals surface area contributed by atoms with Crippen molar-refractivity contribution in [2.75, 3.05) is 12.7 Å². The molecule has 6 heteroatoms. The molecule has 0 saturated heterocycles. The predicted molar refractivity (Wildman–Crippen MR) is 137 cm³/mol. The maximum atomic E-state index is 11.0. The van der Waals surface area contributed by atoms with Gasteiger partial charge in [-0.2, -0.15) is 0 Å². The van der Waals surface area contributed by atoms with Crippen LogP contribution in [0.4, 0.5) is 0 Å². The van der Waals surface area contributed by atoms with Gasteiger partial charge >= 0.3 is 7.60 Å². The van der Waals surface area contributed by atoms with Gasteiger partial charge in [-0.05, 0) is 54.1 Å². The van der Waals surface area contributed by atoms with Gasteiger partial charge in [0, 0.05) is 18.1 Å². The van der Waals surface area contributed by atoms with Crippen LogP contribution in [0.25, 0.3) is 22.0 Å². The maximum absolute atomic E-state index is 11.0. The van der Waals surface area contributed by atoms with Gasteiger partial charge in [0.05, 0.1) is 11.7 Å². The molecule has 0 unspecified atom stereocenters. The van der Waals surface area contributed by atoms with Crippen LogP contribution in [-0.2, 0) is 17.5 Å². The zero-order valence-electron chi connectivity index (χ0n) is 19.7. The van der Waals surface area contributed by atoms with Crippen LogP contribution in [0.5, 0.6) is 0 Å². The van der Waals surface area contributed by atoms with Crippen molar-refractivity contribution in [2.24, 2.45) is 0 Å². The summed E-state index contributed by atoms with van der Waals surface area (Å²) in [5, 5.41) is 4.41. The van der Waals surface area contributed by atoms with Crippen molar-refractivity contribution in [3.8, 4) is 11.1 Å². The lowest BCUT2D eigenvalue weighted by atomic mass is 9.96. The normalized spacial score (nSPS) is 11.8. The van der Waals surface area contributed by atoms with E-state index in [1.54, 1.807) is 0 Å². The lowest BCUT2D eigenvalue weighted by Crippen LogP contribution is -2.16. The molecule has 178 valence electrons. The van der Waals surface area contributed by atoms with E-state index in [1.807, 2.05) is 12.3 Å². The van der Waals surface area contributed by atoms with Gasteiger partial charge in [-0.3, -0.25) is 9.55 Å². The van der Waals surface area contributed by atoms with Crippen LogP contribution in [0.1, 0.15) is 63.0 Å².